The number of hydrogen-bond acceptors (Lipinski definition) is 4. The molecular formula is C12H17ClF3N5O. The van der Waals surface area contributed by atoms with Crippen LogP contribution < -0.4 is 5.32 Å². The lowest BCUT2D eigenvalue weighted by Gasteiger charge is -2.29. The molecule has 1 unspecified atom stereocenters. The largest absolute Gasteiger partial charge is 0.451 e. The molecule has 0 aliphatic carbocycles. The summed E-state index contributed by atoms with van der Waals surface area (Å²) in [7, 11) is 0. The van der Waals surface area contributed by atoms with Crippen molar-refractivity contribution in [1.29, 1.82) is 0 Å². The number of amides is 1. The average Bonchev–Trinajstić information content (AvgIpc) is 3.05. The number of halogens is 4. The maximum absolute atomic E-state index is 12.7. The Morgan fingerprint density at radius 3 is 2.73 bits per heavy atom. The molecular weight excluding hydrogens is 323 g/mol. The Balaban J connectivity index is 0.00000176. The summed E-state index contributed by atoms with van der Waals surface area (Å²) in [5, 5.41) is 10.0. The zero-order valence-corrected chi connectivity index (χ0v) is 12.6. The molecule has 1 amide bonds. The van der Waals surface area contributed by atoms with Gasteiger partial charge in [0, 0.05) is 25.6 Å². The van der Waals surface area contributed by atoms with Crippen LogP contribution in [0.25, 0.3) is 0 Å². The van der Waals surface area contributed by atoms with Crippen LogP contribution in [-0.4, -0.2) is 44.7 Å². The predicted octanol–water partition coefficient (Wildman–Crippen LogP) is 1.20. The van der Waals surface area contributed by atoms with Gasteiger partial charge in [0.05, 0.1) is 6.54 Å². The van der Waals surface area contributed by atoms with Crippen LogP contribution in [0, 0.1) is 0 Å². The van der Waals surface area contributed by atoms with E-state index >= 15 is 0 Å². The topological polar surface area (TPSA) is 63.1 Å². The molecule has 0 bridgehead atoms. The highest BCUT2D eigenvalue weighted by atomic mass is 35.5. The van der Waals surface area contributed by atoms with E-state index in [0.29, 0.717) is 6.42 Å². The van der Waals surface area contributed by atoms with Crippen molar-refractivity contribution in [3.05, 3.63) is 11.6 Å². The fourth-order valence-electron chi connectivity index (χ4n) is 2.85. The SMILES string of the molecule is Cl.O=C(CC1CCCN1)N1CCn2c(nnc2C(F)(F)F)C1. The molecule has 6 nitrogen and oxygen atoms in total. The highest BCUT2D eigenvalue weighted by Gasteiger charge is 2.40. The third-order valence-electron chi connectivity index (χ3n) is 3.94. The van der Waals surface area contributed by atoms with Crippen LogP contribution in [0.4, 0.5) is 13.2 Å². The standard InChI is InChI=1S/C12H16F3N5O.ClH/c13-12(14,15)11-18-17-9-7-19(4-5-20(9)11)10(21)6-8-2-1-3-16-8;/h8,16H,1-7H2;1H. The van der Waals surface area contributed by atoms with E-state index in [4.69, 9.17) is 0 Å². The first-order valence-corrected chi connectivity index (χ1v) is 6.95. The molecule has 0 spiro atoms. The highest BCUT2D eigenvalue weighted by Crippen LogP contribution is 2.29. The number of alkyl halides is 3. The summed E-state index contributed by atoms with van der Waals surface area (Å²) in [6.07, 6.45) is -2.10. The number of nitrogens with zero attached hydrogens (tertiary/aromatic N) is 4. The molecule has 1 atom stereocenters. The van der Waals surface area contributed by atoms with Gasteiger partial charge in [-0.3, -0.25) is 4.79 Å². The van der Waals surface area contributed by atoms with Crippen LogP contribution in [0.3, 0.4) is 0 Å². The number of carbonyl (C=O) groups excluding carboxylic acids is 1. The van der Waals surface area contributed by atoms with Gasteiger partial charge in [0.25, 0.3) is 0 Å². The van der Waals surface area contributed by atoms with Gasteiger partial charge in [-0.2, -0.15) is 13.2 Å². The molecule has 1 fully saturated rings. The third-order valence-corrected chi connectivity index (χ3v) is 3.94. The Morgan fingerprint density at radius 1 is 1.32 bits per heavy atom. The molecule has 0 saturated carbocycles. The lowest BCUT2D eigenvalue weighted by molar-refractivity contribution is -0.148. The summed E-state index contributed by atoms with van der Waals surface area (Å²) >= 11 is 0. The van der Waals surface area contributed by atoms with Gasteiger partial charge in [0.1, 0.15) is 0 Å². The highest BCUT2D eigenvalue weighted by molar-refractivity contribution is 5.85. The van der Waals surface area contributed by atoms with E-state index in [-0.39, 0.29) is 49.8 Å². The van der Waals surface area contributed by atoms with Crippen LogP contribution in [0.1, 0.15) is 30.9 Å². The van der Waals surface area contributed by atoms with E-state index in [0.717, 1.165) is 24.0 Å². The summed E-state index contributed by atoms with van der Waals surface area (Å²) in [5.74, 6) is -0.833. The monoisotopic (exact) mass is 339 g/mol. The molecule has 2 aliphatic rings. The molecule has 0 radical (unpaired) electrons. The van der Waals surface area contributed by atoms with Crippen LogP contribution in [0.2, 0.25) is 0 Å². The van der Waals surface area contributed by atoms with Crippen LogP contribution in [0.5, 0.6) is 0 Å². The molecule has 124 valence electrons. The van der Waals surface area contributed by atoms with Crippen molar-refractivity contribution in [2.75, 3.05) is 13.1 Å². The van der Waals surface area contributed by atoms with Crippen molar-refractivity contribution in [2.24, 2.45) is 0 Å². The lowest BCUT2D eigenvalue weighted by atomic mass is 10.1. The Morgan fingerprint density at radius 2 is 2.09 bits per heavy atom. The Hall–Kier alpha value is -1.35. The summed E-state index contributed by atoms with van der Waals surface area (Å²) < 4.78 is 39.2. The van der Waals surface area contributed by atoms with E-state index in [1.807, 2.05) is 0 Å². The van der Waals surface area contributed by atoms with Crippen molar-refractivity contribution in [1.82, 2.24) is 25.0 Å². The van der Waals surface area contributed by atoms with Crippen LogP contribution in [-0.2, 0) is 24.1 Å². The Bertz CT molecular complexity index is 541. The normalized spacial score (nSPS) is 21.4. The van der Waals surface area contributed by atoms with Gasteiger partial charge in [-0.15, -0.1) is 22.6 Å². The molecule has 22 heavy (non-hydrogen) atoms. The van der Waals surface area contributed by atoms with Crippen molar-refractivity contribution in [3.8, 4) is 0 Å². The minimum Gasteiger partial charge on any atom is -0.333 e. The van der Waals surface area contributed by atoms with E-state index < -0.39 is 12.0 Å². The Labute approximate surface area is 131 Å². The van der Waals surface area contributed by atoms with E-state index in [9.17, 15) is 18.0 Å². The van der Waals surface area contributed by atoms with E-state index in [1.54, 1.807) is 4.90 Å². The smallest absolute Gasteiger partial charge is 0.333 e. The van der Waals surface area contributed by atoms with Gasteiger partial charge in [-0.05, 0) is 19.4 Å². The summed E-state index contributed by atoms with van der Waals surface area (Å²) in [6, 6.07) is 0.183. The number of fused-ring (bicyclic) bond motifs is 1. The summed E-state index contributed by atoms with van der Waals surface area (Å²) in [5.41, 5.74) is 0. The first kappa shape index (κ1) is 17.0. The minimum absolute atomic E-state index is 0. The maximum Gasteiger partial charge on any atom is 0.451 e. The van der Waals surface area contributed by atoms with Gasteiger partial charge < -0.3 is 14.8 Å². The molecule has 1 N–H and O–H groups in total. The van der Waals surface area contributed by atoms with Crippen LogP contribution in [0.15, 0.2) is 0 Å². The summed E-state index contributed by atoms with van der Waals surface area (Å²) in [4.78, 5) is 13.7. The van der Waals surface area contributed by atoms with Crippen molar-refractivity contribution in [2.45, 2.75) is 44.6 Å². The fraction of sp³-hybridized carbons (Fsp3) is 0.750. The van der Waals surface area contributed by atoms with Gasteiger partial charge in [0.2, 0.25) is 11.7 Å². The Kier molecular flexibility index (Phi) is 4.96. The maximum atomic E-state index is 12.7. The first-order valence-electron chi connectivity index (χ1n) is 6.95. The second kappa shape index (κ2) is 6.41. The predicted molar refractivity (Wildman–Crippen MR) is 73.3 cm³/mol. The average molecular weight is 340 g/mol. The molecule has 10 heteroatoms. The van der Waals surface area contributed by atoms with Crippen molar-refractivity contribution >= 4 is 18.3 Å². The van der Waals surface area contributed by atoms with E-state index in [1.165, 1.54) is 0 Å². The number of rotatable bonds is 2. The fourth-order valence-corrected chi connectivity index (χ4v) is 2.85. The van der Waals surface area contributed by atoms with Crippen molar-refractivity contribution in [3.63, 3.8) is 0 Å². The molecule has 0 aromatic carbocycles. The van der Waals surface area contributed by atoms with Gasteiger partial charge in [-0.1, -0.05) is 0 Å². The summed E-state index contributed by atoms with van der Waals surface area (Å²) in [6.45, 7) is 1.36. The van der Waals surface area contributed by atoms with Gasteiger partial charge >= 0.3 is 6.18 Å². The first-order chi connectivity index (χ1) is 9.95. The molecule has 1 aromatic rings. The second-order valence-corrected chi connectivity index (χ2v) is 5.40. The minimum atomic E-state index is -4.51. The van der Waals surface area contributed by atoms with Gasteiger partial charge in [-0.25, -0.2) is 0 Å². The quantitative estimate of drug-likeness (QED) is 0.879. The van der Waals surface area contributed by atoms with Crippen LogP contribution >= 0.6 is 12.4 Å². The third kappa shape index (κ3) is 3.35. The number of carbonyl (C=O) groups is 1. The molecule has 3 heterocycles. The molecule has 1 aromatic heterocycles. The number of aromatic nitrogens is 3. The molecule has 2 aliphatic heterocycles. The van der Waals surface area contributed by atoms with Crippen molar-refractivity contribution < 1.29 is 18.0 Å². The zero-order chi connectivity index (χ0) is 15.0. The molecule has 1 saturated heterocycles. The lowest BCUT2D eigenvalue weighted by Crippen LogP contribution is -2.41. The second-order valence-electron chi connectivity index (χ2n) is 5.40. The molecule has 3 rings (SSSR count). The van der Waals surface area contributed by atoms with E-state index in [2.05, 4.69) is 15.5 Å². The van der Waals surface area contributed by atoms with Gasteiger partial charge in [0.15, 0.2) is 5.82 Å². The zero-order valence-electron chi connectivity index (χ0n) is 11.8. The number of nitrogens with one attached hydrogen (secondary N) is 1. The number of hydrogen-bond donors (Lipinski definition) is 1.